The molecule has 1 atom stereocenters. The maximum Gasteiger partial charge on any atom is 0.334 e. The lowest BCUT2D eigenvalue weighted by Gasteiger charge is -2.15. The van der Waals surface area contributed by atoms with Crippen LogP contribution in [0, 0.1) is 6.92 Å². The van der Waals surface area contributed by atoms with Crippen LogP contribution in [0.2, 0.25) is 0 Å². The molecule has 4 heteroatoms. The molecule has 0 fully saturated rings. The fourth-order valence-electron chi connectivity index (χ4n) is 3.72. The molecular weight excluding hydrogens is 310 g/mol. The molecule has 0 aliphatic heterocycles. The van der Waals surface area contributed by atoms with Crippen molar-refractivity contribution in [1.82, 2.24) is 14.1 Å². The summed E-state index contributed by atoms with van der Waals surface area (Å²) in [6.07, 6.45) is 0. The van der Waals surface area contributed by atoms with Gasteiger partial charge in [-0.3, -0.25) is 9.13 Å². The number of benzene rings is 2. The molecule has 0 radical (unpaired) electrons. The van der Waals surface area contributed by atoms with E-state index in [4.69, 9.17) is 0 Å². The van der Waals surface area contributed by atoms with E-state index in [-0.39, 0.29) is 11.7 Å². The Bertz CT molecular complexity index is 1170. The van der Waals surface area contributed by atoms with E-state index in [1.807, 2.05) is 48.7 Å². The SMILES string of the molecule is C=C(C)n1c(=O)n(C(C)c2cccc3cc(C)[nH]c23)c2ccccc21. The molecule has 0 bridgehead atoms. The Labute approximate surface area is 146 Å². The quantitative estimate of drug-likeness (QED) is 0.581. The lowest BCUT2D eigenvalue weighted by Crippen LogP contribution is -2.26. The normalized spacial score (nSPS) is 12.8. The van der Waals surface area contributed by atoms with Crippen molar-refractivity contribution in [1.29, 1.82) is 0 Å². The number of aryl methyl sites for hydroxylation is 1. The van der Waals surface area contributed by atoms with Crippen LogP contribution in [0.15, 0.2) is 59.9 Å². The fourth-order valence-corrected chi connectivity index (χ4v) is 3.72. The summed E-state index contributed by atoms with van der Waals surface area (Å²) in [6.45, 7) is 9.96. The third-order valence-corrected chi connectivity index (χ3v) is 4.82. The van der Waals surface area contributed by atoms with Crippen molar-refractivity contribution in [2.45, 2.75) is 26.8 Å². The van der Waals surface area contributed by atoms with Crippen LogP contribution in [0.3, 0.4) is 0 Å². The lowest BCUT2D eigenvalue weighted by atomic mass is 10.0. The first-order valence-corrected chi connectivity index (χ1v) is 8.45. The van der Waals surface area contributed by atoms with Gasteiger partial charge < -0.3 is 4.98 Å². The summed E-state index contributed by atoms with van der Waals surface area (Å²) < 4.78 is 3.54. The van der Waals surface area contributed by atoms with Crippen molar-refractivity contribution in [3.05, 3.63) is 76.9 Å². The van der Waals surface area contributed by atoms with Crippen molar-refractivity contribution < 1.29 is 0 Å². The molecule has 2 heterocycles. The van der Waals surface area contributed by atoms with Gasteiger partial charge in [0.25, 0.3) is 0 Å². The number of fused-ring (bicyclic) bond motifs is 2. The van der Waals surface area contributed by atoms with Gasteiger partial charge in [-0.1, -0.05) is 36.9 Å². The number of hydrogen-bond acceptors (Lipinski definition) is 1. The molecule has 126 valence electrons. The summed E-state index contributed by atoms with van der Waals surface area (Å²) in [5.41, 5.74) is 5.79. The molecule has 0 aliphatic rings. The van der Waals surface area contributed by atoms with Gasteiger partial charge in [0, 0.05) is 11.4 Å². The average Bonchev–Trinajstić information content (AvgIpc) is 3.09. The predicted molar refractivity (Wildman–Crippen MR) is 104 cm³/mol. The maximum atomic E-state index is 13.1. The van der Waals surface area contributed by atoms with E-state index in [0.29, 0.717) is 0 Å². The van der Waals surface area contributed by atoms with Gasteiger partial charge in [0.05, 0.1) is 22.6 Å². The van der Waals surface area contributed by atoms with Crippen LogP contribution in [-0.4, -0.2) is 14.1 Å². The van der Waals surface area contributed by atoms with Crippen molar-refractivity contribution >= 4 is 27.6 Å². The van der Waals surface area contributed by atoms with Crippen molar-refractivity contribution in [3.63, 3.8) is 0 Å². The molecule has 0 spiro atoms. The number of hydrogen-bond donors (Lipinski definition) is 1. The summed E-state index contributed by atoms with van der Waals surface area (Å²) in [7, 11) is 0. The molecule has 0 aliphatic carbocycles. The largest absolute Gasteiger partial charge is 0.358 e. The maximum absolute atomic E-state index is 13.1. The van der Waals surface area contributed by atoms with Crippen LogP contribution in [0.4, 0.5) is 0 Å². The monoisotopic (exact) mass is 331 g/mol. The highest BCUT2D eigenvalue weighted by Gasteiger charge is 2.20. The second-order valence-corrected chi connectivity index (χ2v) is 6.65. The van der Waals surface area contributed by atoms with Crippen LogP contribution in [0.1, 0.15) is 31.1 Å². The minimum atomic E-state index is -0.0975. The van der Waals surface area contributed by atoms with Crippen molar-refractivity contribution in [2.24, 2.45) is 0 Å². The number of para-hydroxylation sites is 3. The first kappa shape index (κ1) is 15.5. The first-order chi connectivity index (χ1) is 12.0. The standard InChI is InChI=1S/C21H21N3O/c1-13(2)23-18-10-5-6-11-19(18)24(21(23)25)15(4)17-9-7-8-16-12-14(3)22-20(16)17/h5-12,15,22H,1H2,2-4H3. The Balaban J connectivity index is 2.03. The summed E-state index contributed by atoms with van der Waals surface area (Å²) in [4.78, 5) is 16.6. The van der Waals surface area contributed by atoms with Crippen LogP contribution < -0.4 is 5.69 Å². The number of nitrogens with zero attached hydrogens (tertiary/aromatic N) is 2. The molecule has 4 rings (SSSR count). The third-order valence-electron chi connectivity index (χ3n) is 4.82. The minimum absolute atomic E-state index is 0.0542. The summed E-state index contributed by atoms with van der Waals surface area (Å²) in [6, 6.07) is 16.1. The Morgan fingerprint density at radius 2 is 1.84 bits per heavy atom. The summed E-state index contributed by atoms with van der Waals surface area (Å²) >= 11 is 0. The van der Waals surface area contributed by atoms with Crippen LogP contribution >= 0.6 is 0 Å². The molecule has 1 N–H and O–H groups in total. The summed E-state index contributed by atoms with van der Waals surface area (Å²) in [5, 5.41) is 1.17. The zero-order chi connectivity index (χ0) is 17.7. The number of H-pyrrole nitrogens is 1. The smallest absolute Gasteiger partial charge is 0.334 e. The molecule has 1 unspecified atom stereocenters. The number of aromatic amines is 1. The number of allylic oxidation sites excluding steroid dienone is 1. The highest BCUT2D eigenvalue weighted by Crippen LogP contribution is 2.29. The Morgan fingerprint density at radius 1 is 1.12 bits per heavy atom. The van der Waals surface area contributed by atoms with Gasteiger partial charge in [-0.25, -0.2) is 4.79 Å². The highest BCUT2D eigenvalue weighted by atomic mass is 16.1. The lowest BCUT2D eigenvalue weighted by molar-refractivity contribution is 0.630. The van der Waals surface area contributed by atoms with Gasteiger partial charge in [-0.2, -0.15) is 0 Å². The van der Waals surface area contributed by atoms with E-state index < -0.39 is 0 Å². The molecule has 0 saturated heterocycles. The van der Waals surface area contributed by atoms with Gasteiger partial charge in [-0.15, -0.1) is 0 Å². The second-order valence-electron chi connectivity index (χ2n) is 6.65. The van der Waals surface area contributed by atoms with Gasteiger partial charge in [0.15, 0.2) is 0 Å². The predicted octanol–water partition coefficient (Wildman–Crippen LogP) is 4.69. The van der Waals surface area contributed by atoms with Crippen LogP contribution in [-0.2, 0) is 0 Å². The van der Waals surface area contributed by atoms with Crippen LogP contribution in [0.25, 0.3) is 27.6 Å². The summed E-state index contributed by atoms with van der Waals surface area (Å²) in [5.74, 6) is 0. The fraction of sp³-hybridized carbons (Fsp3) is 0.190. The Morgan fingerprint density at radius 3 is 2.56 bits per heavy atom. The molecule has 4 nitrogen and oxygen atoms in total. The van der Waals surface area contributed by atoms with E-state index in [1.165, 1.54) is 5.39 Å². The number of nitrogens with one attached hydrogen (secondary N) is 1. The first-order valence-electron chi connectivity index (χ1n) is 8.45. The number of aromatic nitrogens is 3. The van der Waals surface area contributed by atoms with Crippen LogP contribution in [0.5, 0.6) is 0 Å². The van der Waals surface area contributed by atoms with E-state index in [1.54, 1.807) is 4.57 Å². The van der Waals surface area contributed by atoms with E-state index in [2.05, 4.69) is 36.7 Å². The van der Waals surface area contributed by atoms with Gasteiger partial charge in [0.2, 0.25) is 0 Å². The van der Waals surface area contributed by atoms with Crippen molar-refractivity contribution in [3.8, 4) is 0 Å². The zero-order valence-corrected chi connectivity index (χ0v) is 14.7. The van der Waals surface area contributed by atoms with E-state index in [0.717, 1.165) is 33.5 Å². The van der Waals surface area contributed by atoms with Gasteiger partial charge in [-0.05, 0) is 49.9 Å². The highest BCUT2D eigenvalue weighted by molar-refractivity contribution is 5.85. The molecule has 2 aromatic heterocycles. The number of imidazole rings is 1. The minimum Gasteiger partial charge on any atom is -0.358 e. The Kier molecular flexibility index (Phi) is 3.42. The zero-order valence-electron chi connectivity index (χ0n) is 14.7. The molecule has 4 aromatic rings. The molecule has 25 heavy (non-hydrogen) atoms. The third kappa shape index (κ3) is 2.25. The molecule has 2 aromatic carbocycles. The second kappa shape index (κ2) is 5.52. The number of rotatable bonds is 3. The average molecular weight is 331 g/mol. The van der Waals surface area contributed by atoms with E-state index in [9.17, 15) is 4.79 Å². The van der Waals surface area contributed by atoms with E-state index >= 15 is 0 Å². The van der Waals surface area contributed by atoms with Gasteiger partial charge >= 0.3 is 5.69 Å². The van der Waals surface area contributed by atoms with Crippen molar-refractivity contribution in [2.75, 3.05) is 0 Å². The molecule has 0 amide bonds. The topological polar surface area (TPSA) is 42.7 Å². The molecule has 0 saturated carbocycles. The Hall–Kier alpha value is -3.01. The van der Waals surface area contributed by atoms with Gasteiger partial charge in [0.1, 0.15) is 0 Å². The molecular formula is C21H21N3O.